The van der Waals surface area contributed by atoms with Crippen LogP contribution in [0.1, 0.15) is 68.6 Å². The van der Waals surface area contributed by atoms with E-state index in [0.717, 1.165) is 62.0 Å². The number of ether oxygens (including phenoxy) is 2. The van der Waals surface area contributed by atoms with E-state index in [2.05, 4.69) is 19.6 Å². The van der Waals surface area contributed by atoms with Gasteiger partial charge in [-0.05, 0) is 105 Å². The van der Waals surface area contributed by atoms with E-state index in [0.29, 0.717) is 17.9 Å². The van der Waals surface area contributed by atoms with Gasteiger partial charge in [-0.25, -0.2) is 18.1 Å². The number of piperidine rings is 1. The molecule has 2 aliphatic heterocycles. The molecule has 6 rings (SSSR count). The number of nitrogens with one attached hydrogen (secondary N) is 1. The molecule has 1 saturated heterocycles. The predicted octanol–water partition coefficient (Wildman–Crippen LogP) is 7.77. The van der Waals surface area contributed by atoms with Gasteiger partial charge in [-0.15, -0.1) is 0 Å². The van der Waals surface area contributed by atoms with Crippen LogP contribution in [0.15, 0.2) is 53.4 Å². The number of nitrogens with zero attached hydrogens (tertiary/aromatic N) is 3. The van der Waals surface area contributed by atoms with Crippen molar-refractivity contribution in [1.82, 2.24) is 14.9 Å². The van der Waals surface area contributed by atoms with E-state index >= 15 is 0 Å². The van der Waals surface area contributed by atoms with E-state index in [4.69, 9.17) is 9.47 Å². The van der Waals surface area contributed by atoms with E-state index in [1.54, 1.807) is 25.3 Å². The first-order valence-electron chi connectivity index (χ1n) is 17.1. The van der Waals surface area contributed by atoms with E-state index in [1.807, 2.05) is 38.1 Å². The number of aromatic nitrogens is 2. The van der Waals surface area contributed by atoms with Crippen molar-refractivity contribution in [3.8, 4) is 17.1 Å². The lowest BCUT2D eigenvalue weighted by Crippen LogP contribution is -2.50. The van der Waals surface area contributed by atoms with Crippen molar-refractivity contribution >= 4 is 16.0 Å². The number of benzene rings is 2. The molecule has 49 heavy (non-hydrogen) atoms. The van der Waals surface area contributed by atoms with Crippen LogP contribution in [0.4, 0.5) is 19.1 Å². The minimum absolute atomic E-state index is 0.0158. The minimum Gasteiger partial charge on any atom is -0.477 e. The number of anilines is 1. The number of rotatable bonds is 7. The normalized spacial score (nSPS) is 22.7. The zero-order valence-corrected chi connectivity index (χ0v) is 29.8. The van der Waals surface area contributed by atoms with Crippen molar-refractivity contribution in [2.75, 3.05) is 44.7 Å². The molecule has 4 bridgehead atoms. The maximum absolute atomic E-state index is 14.5. The molecule has 3 aromatic rings. The van der Waals surface area contributed by atoms with Crippen LogP contribution >= 0.6 is 0 Å². The van der Waals surface area contributed by atoms with Crippen molar-refractivity contribution in [2.45, 2.75) is 76.8 Å². The quantitative estimate of drug-likeness (QED) is 0.269. The average Bonchev–Trinajstić information content (AvgIpc) is 3.01. The van der Waals surface area contributed by atoms with Gasteiger partial charge in [0, 0.05) is 31.2 Å². The summed E-state index contributed by atoms with van der Waals surface area (Å²) < 4.78 is 85.3. The molecule has 8 nitrogen and oxygen atoms in total. The summed E-state index contributed by atoms with van der Waals surface area (Å²) in [6.45, 7) is 9.84. The monoisotopic (exact) mass is 700 g/mol. The van der Waals surface area contributed by atoms with Crippen LogP contribution < -0.4 is 9.46 Å². The van der Waals surface area contributed by atoms with Gasteiger partial charge in [-0.2, -0.15) is 18.2 Å². The van der Waals surface area contributed by atoms with E-state index in [-0.39, 0.29) is 47.0 Å². The van der Waals surface area contributed by atoms with Gasteiger partial charge in [0.2, 0.25) is 11.8 Å². The predicted molar refractivity (Wildman–Crippen MR) is 183 cm³/mol. The summed E-state index contributed by atoms with van der Waals surface area (Å²) in [7, 11) is -2.44. The second kappa shape index (κ2) is 13.5. The summed E-state index contributed by atoms with van der Waals surface area (Å²) in [6, 6.07) is 14.1. The fourth-order valence-electron chi connectivity index (χ4n) is 8.33. The SMILES string of the molecule is COCCN1CCC2(CC1)CC(C1c3cccc(c3)S(=O)(=O)Nc3nc(cc(-c4c(C)cccc4C)n3)OC[C@H]1CC(C)(C)C(F)(F)F)C2. The molecular formula is C37H47F3N4O4S. The second-order valence-electron chi connectivity index (χ2n) is 15.0. The number of aryl methyl sites for hydroxylation is 2. The molecule has 1 spiro atoms. The Morgan fingerprint density at radius 1 is 1.02 bits per heavy atom. The minimum atomic E-state index is -4.44. The standard InChI is InChI=1S/C37H47F3N4O4S/c1-24-8-6-9-25(2)32(24)30-19-31-42-34(41-30)43-49(45,46)29-11-7-10-26(18-29)33(28(23-48-31)20-35(3,4)37(38,39)40)27-21-36(22-27)12-14-44(15-13-36)16-17-47-5/h6-11,18-19,27-28,33H,12-17,20-23H2,1-5H3,(H,41,42,43)/t28-,33?/m1/s1. The molecule has 2 atom stereocenters. The largest absolute Gasteiger partial charge is 0.477 e. The molecule has 2 aromatic carbocycles. The number of halogens is 3. The van der Waals surface area contributed by atoms with Crippen LogP contribution in [-0.2, 0) is 14.8 Å². The van der Waals surface area contributed by atoms with Gasteiger partial charge in [0.15, 0.2) is 0 Å². The third kappa shape index (κ3) is 7.46. The van der Waals surface area contributed by atoms with Gasteiger partial charge in [-0.3, -0.25) is 0 Å². The number of hydrogen-bond donors (Lipinski definition) is 1. The number of sulfonamides is 1. The Morgan fingerprint density at radius 2 is 1.69 bits per heavy atom. The smallest absolute Gasteiger partial charge is 0.393 e. The first-order chi connectivity index (χ1) is 23.1. The van der Waals surface area contributed by atoms with Crippen molar-refractivity contribution in [2.24, 2.45) is 22.7 Å². The maximum atomic E-state index is 14.5. The van der Waals surface area contributed by atoms with Crippen LogP contribution in [0.5, 0.6) is 5.88 Å². The van der Waals surface area contributed by atoms with Crippen molar-refractivity contribution in [3.63, 3.8) is 0 Å². The summed E-state index contributed by atoms with van der Waals surface area (Å²) in [6.07, 6.45) is -0.822. The topological polar surface area (TPSA) is 93.7 Å². The first kappa shape index (κ1) is 35.6. The molecule has 2 fully saturated rings. The highest BCUT2D eigenvalue weighted by Gasteiger charge is 2.53. The lowest BCUT2D eigenvalue weighted by molar-refractivity contribution is -0.219. The molecule has 1 unspecified atom stereocenters. The fraction of sp³-hybridized carbons (Fsp3) is 0.568. The fourth-order valence-corrected chi connectivity index (χ4v) is 9.33. The zero-order valence-electron chi connectivity index (χ0n) is 28.9. The molecule has 3 aliphatic rings. The van der Waals surface area contributed by atoms with E-state index in [9.17, 15) is 21.6 Å². The number of hydrogen-bond acceptors (Lipinski definition) is 7. The highest BCUT2D eigenvalue weighted by Crippen LogP contribution is 2.60. The van der Waals surface area contributed by atoms with Gasteiger partial charge >= 0.3 is 6.18 Å². The van der Waals surface area contributed by atoms with Gasteiger partial charge in [-0.1, -0.05) is 44.2 Å². The number of fused-ring (bicyclic) bond motifs is 4. The summed E-state index contributed by atoms with van der Waals surface area (Å²) in [4.78, 5) is 11.4. The summed E-state index contributed by atoms with van der Waals surface area (Å²) in [5, 5.41) is 0. The molecule has 1 saturated carbocycles. The average molecular weight is 701 g/mol. The van der Waals surface area contributed by atoms with Crippen LogP contribution in [0.25, 0.3) is 11.3 Å². The Kier molecular flexibility index (Phi) is 9.80. The molecular weight excluding hydrogens is 653 g/mol. The summed E-state index contributed by atoms with van der Waals surface area (Å²) >= 11 is 0. The molecule has 1 N–H and O–H groups in total. The van der Waals surface area contributed by atoms with Crippen molar-refractivity contribution < 1.29 is 31.1 Å². The Bertz CT molecular complexity index is 1750. The zero-order chi connectivity index (χ0) is 35.2. The van der Waals surface area contributed by atoms with Gasteiger partial charge in [0.25, 0.3) is 10.0 Å². The third-order valence-electron chi connectivity index (χ3n) is 11.1. The van der Waals surface area contributed by atoms with Crippen molar-refractivity contribution in [1.29, 1.82) is 0 Å². The Balaban J connectivity index is 1.40. The molecule has 1 aromatic heterocycles. The van der Waals surface area contributed by atoms with Gasteiger partial charge < -0.3 is 14.4 Å². The molecule has 0 amide bonds. The maximum Gasteiger partial charge on any atom is 0.393 e. The summed E-state index contributed by atoms with van der Waals surface area (Å²) in [5.41, 5.74) is 1.98. The molecule has 266 valence electrons. The van der Waals surface area contributed by atoms with Gasteiger partial charge in [0.05, 0.1) is 29.2 Å². The highest BCUT2D eigenvalue weighted by atomic mass is 32.2. The highest BCUT2D eigenvalue weighted by molar-refractivity contribution is 7.92. The third-order valence-corrected chi connectivity index (χ3v) is 12.5. The summed E-state index contributed by atoms with van der Waals surface area (Å²) in [5.74, 6) is -0.914. The Labute approximate surface area is 287 Å². The lowest BCUT2D eigenvalue weighted by atomic mass is 9.51. The number of alkyl halides is 3. The van der Waals surface area contributed by atoms with Crippen LogP contribution in [-0.4, -0.2) is 69.4 Å². The molecule has 1 aliphatic carbocycles. The van der Waals surface area contributed by atoms with Crippen LogP contribution in [0.3, 0.4) is 0 Å². The lowest BCUT2D eigenvalue weighted by Gasteiger charge is -2.56. The van der Waals surface area contributed by atoms with Crippen LogP contribution in [0, 0.1) is 36.5 Å². The Hall–Kier alpha value is -3.22. The number of likely N-dealkylation sites (tertiary alicyclic amines) is 1. The van der Waals surface area contributed by atoms with E-state index in [1.165, 1.54) is 19.9 Å². The molecule has 12 heteroatoms. The first-order valence-corrected chi connectivity index (χ1v) is 18.6. The van der Waals surface area contributed by atoms with Crippen molar-refractivity contribution in [3.05, 3.63) is 65.2 Å². The number of methoxy groups -OCH3 is 1. The van der Waals surface area contributed by atoms with Gasteiger partial charge in [0.1, 0.15) is 0 Å². The Morgan fingerprint density at radius 3 is 2.35 bits per heavy atom. The molecule has 0 radical (unpaired) electrons. The second-order valence-corrected chi connectivity index (χ2v) is 16.7. The van der Waals surface area contributed by atoms with Crippen LogP contribution in [0.2, 0.25) is 0 Å². The van der Waals surface area contributed by atoms with E-state index < -0.39 is 27.5 Å². The molecule has 3 heterocycles.